The first-order chi connectivity index (χ1) is 9.22. The topological polar surface area (TPSA) is 37.4 Å². The minimum absolute atomic E-state index is 0.816. The lowest BCUT2D eigenvalue weighted by atomic mass is 10.1. The van der Waals surface area contributed by atoms with Crippen LogP contribution in [0.25, 0.3) is 0 Å². The number of aromatic nitrogens is 1. The van der Waals surface area contributed by atoms with Crippen LogP contribution in [0.15, 0.2) is 6.20 Å². The van der Waals surface area contributed by atoms with Crippen LogP contribution < -0.4 is 10.1 Å². The molecule has 1 aromatic rings. The molecule has 1 fully saturated rings. The number of rotatable bonds is 6. The molecule has 0 spiro atoms. The lowest BCUT2D eigenvalue weighted by molar-refractivity contribution is 0.335. The Kier molecular flexibility index (Phi) is 5.16. The van der Waals surface area contributed by atoms with E-state index >= 15 is 0 Å². The van der Waals surface area contributed by atoms with Crippen LogP contribution in [0.4, 0.5) is 0 Å². The molecule has 0 unspecified atom stereocenters. The standard InChI is InChI=1S/C15H25N3O/c1-12-10-17-14(13(2)15(12)19-3)11-16-6-9-18-7-4-5-8-18/h10,16H,4-9,11H2,1-3H3. The van der Waals surface area contributed by atoms with Gasteiger partial charge in [0.15, 0.2) is 0 Å². The van der Waals surface area contributed by atoms with Gasteiger partial charge < -0.3 is 15.0 Å². The van der Waals surface area contributed by atoms with Crippen LogP contribution in [0.5, 0.6) is 5.75 Å². The number of methoxy groups -OCH3 is 1. The molecule has 1 N–H and O–H groups in total. The van der Waals surface area contributed by atoms with E-state index < -0.39 is 0 Å². The van der Waals surface area contributed by atoms with Gasteiger partial charge in [-0.2, -0.15) is 0 Å². The van der Waals surface area contributed by atoms with E-state index in [9.17, 15) is 0 Å². The van der Waals surface area contributed by atoms with Crippen molar-refractivity contribution in [2.24, 2.45) is 0 Å². The number of nitrogens with one attached hydrogen (secondary N) is 1. The molecule has 1 saturated heterocycles. The Hall–Kier alpha value is -1.13. The number of pyridine rings is 1. The predicted molar refractivity (Wildman–Crippen MR) is 77.6 cm³/mol. The summed E-state index contributed by atoms with van der Waals surface area (Å²) in [6.07, 6.45) is 4.61. The first kappa shape index (κ1) is 14.3. The van der Waals surface area contributed by atoms with Crippen molar-refractivity contribution < 1.29 is 4.74 Å². The largest absolute Gasteiger partial charge is 0.496 e. The smallest absolute Gasteiger partial charge is 0.128 e. The second kappa shape index (κ2) is 6.87. The van der Waals surface area contributed by atoms with Crippen LogP contribution in [0.2, 0.25) is 0 Å². The molecule has 19 heavy (non-hydrogen) atoms. The minimum atomic E-state index is 0.816. The average Bonchev–Trinajstić information content (AvgIpc) is 2.90. The molecule has 1 aliphatic heterocycles. The number of likely N-dealkylation sites (tertiary alicyclic amines) is 1. The first-order valence-corrected chi connectivity index (χ1v) is 7.14. The fraction of sp³-hybridized carbons (Fsp3) is 0.667. The molecule has 0 amide bonds. The Labute approximate surface area is 116 Å². The Balaban J connectivity index is 1.82. The highest BCUT2D eigenvalue weighted by atomic mass is 16.5. The Bertz CT molecular complexity index is 414. The van der Waals surface area contributed by atoms with Crippen molar-refractivity contribution >= 4 is 0 Å². The third-order valence-corrected chi connectivity index (χ3v) is 3.85. The third-order valence-electron chi connectivity index (χ3n) is 3.85. The zero-order chi connectivity index (χ0) is 13.7. The molecule has 1 aromatic heterocycles. The Morgan fingerprint density at radius 2 is 2.05 bits per heavy atom. The maximum absolute atomic E-state index is 5.43. The van der Waals surface area contributed by atoms with Crippen molar-refractivity contribution in [3.05, 3.63) is 23.0 Å². The van der Waals surface area contributed by atoms with Crippen molar-refractivity contribution in [2.45, 2.75) is 33.2 Å². The SMILES string of the molecule is COc1c(C)cnc(CNCCN2CCCC2)c1C. The highest BCUT2D eigenvalue weighted by molar-refractivity contribution is 5.40. The van der Waals surface area contributed by atoms with E-state index in [-0.39, 0.29) is 0 Å². The molecule has 4 nitrogen and oxygen atoms in total. The molecule has 2 rings (SSSR count). The lowest BCUT2D eigenvalue weighted by Gasteiger charge is -2.16. The maximum atomic E-state index is 5.43. The summed E-state index contributed by atoms with van der Waals surface area (Å²) in [5.41, 5.74) is 3.33. The number of ether oxygens (including phenoxy) is 1. The summed E-state index contributed by atoms with van der Waals surface area (Å²) in [7, 11) is 1.72. The molecule has 0 bridgehead atoms. The number of hydrogen-bond acceptors (Lipinski definition) is 4. The van der Waals surface area contributed by atoms with Gasteiger partial charge in [0.05, 0.1) is 12.8 Å². The van der Waals surface area contributed by atoms with Gasteiger partial charge in [0.1, 0.15) is 5.75 Å². The van der Waals surface area contributed by atoms with Crippen LogP contribution in [0, 0.1) is 13.8 Å². The van der Waals surface area contributed by atoms with Gasteiger partial charge in [-0.1, -0.05) is 0 Å². The summed E-state index contributed by atoms with van der Waals surface area (Å²) in [6, 6.07) is 0. The van der Waals surface area contributed by atoms with Gasteiger partial charge in [-0.15, -0.1) is 0 Å². The zero-order valence-corrected chi connectivity index (χ0v) is 12.3. The zero-order valence-electron chi connectivity index (χ0n) is 12.3. The van der Waals surface area contributed by atoms with E-state index in [0.717, 1.165) is 42.2 Å². The molecule has 0 atom stereocenters. The van der Waals surface area contributed by atoms with Gasteiger partial charge >= 0.3 is 0 Å². The fourth-order valence-electron chi connectivity index (χ4n) is 2.70. The highest BCUT2D eigenvalue weighted by Gasteiger charge is 2.11. The molecule has 106 valence electrons. The predicted octanol–water partition coefficient (Wildman–Crippen LogP) is 1.89. The van der Waals surface area contributed by atoms with Gasteiger partial charge in [-0.05, 0) is 39.8 Å². The molecule has 0 aromatic carbocycles. The van der Waals surface area contributed by atoms with Crippen molar-refractivity contribution in [1.82, 2.24) is 15.2 Å². The Morgan fingerprint density at radius 3 is 2.74 bits per heavy atom. The molecule has 1 aliphatic rings. The second-order valence-corrected chi connectivity index (χ2v) is 5.27. The third kappa shape index (κ3) is 3.67. The minimum Gasteiger partial charge on any atom is -0.496 e. The van der Waals surface area contributed by atoms with E-state index in [2.05, 4.69) is 22.1 Å². The van der Waals surface area contributed by atoms with Crippen molar-refractivity contribution in [3.8, 4) is 5.75 Å². The van der Waals surface area contributed by atoms with E-state index in [1.54, 1.807) is 7.11 Å². The van der Waals surface area contributed by atoms with E-state index in [1.807, 2.05) is 13.1 Å². The van der Waals surface area contributed by atoms with Crippen molar-refractivity contribution in [3.63, 3.8) is 0 Å². The molecule has 0 aliphatic carbocycles. The molecule has 2 heterocycles. The second-order valence-electron chi connectivity index (χ2n) is 5.27. The first-order valence-electron chi connectivity index (χ1n) is 7.14. The van der Waals surface area contributed by atoms with Gasteiger partial charge in [-0.25, -0.2) is 0 Å². The Morgan fingerprint density at radius 1 is 1.32 bits per heavy atom. The van der Waals surface area contributed by atoms with Gasteiger partial charge in [-0.3, -0.25) is 4.98 Å². The van der Waals surface area contributed by atoms with Gasteiger partial charge in [0.25, 0.3) is 0 Å². The molecular weight excluding hydrogens is 238 g/mol. The average molecular weight is 263 g/mol. The van der Waals surface area contributed by atoms with Crippen LogP contribution in [-0.4, -0.2) is 43.2 Å². The van der Waals surface area contributed by atoms with Gasteiger partial charge in [0.2, 0.25) is 0 Å². The molecular formula is C15H25N3O. The summed E-state index contributed by atoms with van der Waals surface area (Å²) >= 11 is 0. The van der Waals surface area contributed by atoms with E-state index in [4.69, 9.17) is 4.74 Å². The van der Waals surface area contributed by atoms with Crippen molar-refractivity contribution in [2.75, 3.05) is 33.3 Å². The number of hydrogen-bond donors (Lipinski definition) is 1. The lowest BCUT2D eigenvalue weighted by Crippen LogP contribution is -2.30. The number of aryl methyl sites for hydroxylation is 1. The monoisotopic (exact) mass is 263 g/mol. The van der Waals surface area contributed by atoms with Gasteiger partial charge in [0, 0.05) is 37.0 Å². The summed E-state index contributed by atoms with van der Waals surface area (Å²) < 4.78 is 5.43. The van der Waals surface area contributed by atoms with Crippen LogP contribution in [-0.2, 0) is 6.54 Å². The van der Waals surface area contributed by atoms with E-state index in [1.165, 1.54) is 25.9 Å². The normalized spacial score (nSPS) is 15.9. The molecule has 4 heteroatoms. The summed E-state index contributed by atoms with van der Waals surface area (Å²) in [5, 5.41) is 3.48. The van der Waals surface area contributed by atoms with Crippen LogP contribution >= 0.6 is 0 Å². The molecule has 0 radical (unpaired) electrons. The molecule has 0 saturated carbocycles. The fourth-order valence-corrected chi connectivity index (χ4v) is 2.70. The quantitative estimate of drug-likeness (QED) is 0.795. The number of nitrogens with zero attached hydrogens (tertiary/aromatic N) is 2. The highest BCUT2D eigenvalue weighted by Crippen LogP contribution is 2.23. The van der Waals surface area contributed by atoms with Crippen LogP contribution in [0.3, 0.4) is 0 Å². The maximum Gasteiger partial charge on any atom is 0.128 e. The van der Waals surface area contributed by atoms with Crippen LogP contribution in [0.1, 0.15) is 29.7 Å². The summed E-state index contributed by atoms with van der Waals surface area (Å²) in [4.78, 5) is 7.02. The summed E-state index contributed by atoms with van der Waals surface area (Å²) in [5.74, 6) is 0.964. The van der Waals surface area contributed by atoms with Crippen molar-refractivity contribution in [1.29, 1.82) is 0 Å². The summed E-state index contributed by atoms with van der Waals surface area (Å²) in [6.45, 7) is 9.62. The van der Waals surface area contributed by atoms with E-state index in [0.29, 0.717) is 0 Å².